The van der Waals surface area contributed by atoms with Crippen LogP contribution in [0.4, 0.5) is 0 Å². The summed E-state index contributed by atoms with van der Waals surface area (Å²) in [5.74, 6) is -0.915. The molecule has 0 unspecified atom stereocenters. The first kappa shape index (κ1) is 19.2. The normalized spacial score (nSPS) is 10.8. The lowest BCUT2D eigenvalue weighted by Gasteiger charge is -2.08. The van der Waals surface area contributed by atoms with Crippen molar-refractivity contribution >= 4 is 40.6 Å². The fourth-order valence-corrected chi connectivity index (χ4v) is 2.15. The average Bonchev–Trinajstić information content (AvgIpc) is 2.49. The molecule has 1 aromatic rings. The number of ether oxygens (including phenoxy) is 1. The summed E-state index contributed by atoms with van der Waals surface area (Å²) in [7, 11) is 0. The van der Waals surface area contributed by atoms with Gasteiger partial charge in [-0.2, -0.15) is 5.10 Å². The van der Waals surface area contributed by atoms with Crippen molar-refractivity contribution in [1.82, 2.24) is 10.7 Å². The number of aromatic hydroxyl groups is 1. The Morgan fingerprint density at radius 1 is 1.39 bits per heavy atom. The zero-order chi connectivity index (χ0) is 17.4. The molecule has 0 atom stereocenters. The number of rotatable bonds is 6. The first-order chi connectivity index (χ1) is 10.8. The molecule has 0 saturated heterocycles. The number of hydrazone groups is 1. The van der Waals surface area contributed by atoms with Crippen LogP contribution >= 0.6 is 22.6 Å². The summed E-state index contributed by atoms with van der Waals surface area (Å²) in [5.41, 5.74) is 2.78. The molecule has 0 radical (unpaired) electrons. The molecule has 126 valence electrons. The Balaban J connectivity index is 2.67. The van der Waals surface area contributed by atoms with Gasteiger partial charge in [-0.3, -0.25) is 9.59 Å². The molecular formula is C15H20IN3O4. The zero-order valence-electron chi connectivity index (χ0n) is 13.2. The van der Waals surface area contributed by atoms with E-state index in [0.717, 1.165) is 0 Å². The van der Waals surface area contributed by atoms with E-state index in [-0.39, 0.29) is 11.7 Å². The Bertz CT molecular complexity index is 603. The number of phenols is 1. The van der Waals surface area contributed by atoms with E-state index in [9.17, 15) is 14.7 Å². The van der Waals surface area contributed by atoms with E-state index in [1.54, 1.807) is 12.1 Å². The predicted molar refractivity (Wildman–Crippen MR) is 95.6 cm³/mol. The van der Waals surface area contributed by atoms with Crippen LogP contribution in [-0.2, 0) is 9.59 Å². The number of halogens is 1. The first-order valence-corrected chi connectivity index (χ1v) is 8.19. The number of carbonyl (C=O) groups excluding carboxylic acids is 2. The van der Waals surface area contributed by atoms with Gasteiger partial charge in [0.2, 0.25) is 0 Å². The van der Waals surface area contributed by atoms with Gasteiger partial charge >= 0.3 is 11.8 Å². The maximum absolute atomic E-state index is 11.5. The van der Waals surface area contributed by atoms with Crippen LogP contribution in [0.2, 0.25) is 0 Å². The summed E-state index contributed by atoms with van der Waals surface area (Å²) in [6, 6.07) is 3.27. The highest BCUT2D eigenvalue weighted by Gasteiger charge is 2.12. The standard InChI is InChI=1S/C15H20IN3O4/c1-4-23-12-6-10(5-11(16)13(12)20)8-18-19-15(22)14(21)17-7-9(2)3/h5-6,8-9,20H,4,7H2,1-3H3,(H,17,21)(H,19,22)/b18-8-. The van der Waals surface area contributed by atoms with E-state index in [2.05, 4.69) is 15.8 Å². The van der Waals surface area contributed by atoms with Crippen LogP contribution in [0.25, 0.3) is 0 Å². The summed E-state index contributed by atoms with van der Waals surface area (Å²) >= 11 is 1.96. The minimum atomic E-state index is -0.833. The molecule has 0 fully saturated rings. The Labute approximate surface area is 148 Å². The topological polar surface area (TPSA) is 100 Å². The summed E-state index contributed by atoms with van der Waals surface area (Å²) in [5, 5.41) is 16.1. The van der Waals surface area contributed by atoms with Crippen LogP contribution in [-0.4, -0.2) is 36.3 Å². The van der Waals surface area contributed by atoms with Crippen molar-refractivity contribution in [3.05, 3.63) is 21.3 Å². The SMILES string of the molecule is CCOc1cc(/C=N\NC(=O)C(=O)NCC(C)C)cc(I)c1O. The quantitative estimate of drug-likeness (QED) is 0.275. The summed E-state index contributed by atoms with van der Waals surface area (Å²) < 4.78 is 5.90. The zero-order valence-corrected chi connectivity index (χ0v) is 15.4. The van der Waals surface area contributed by atoms with Crippen LogP contribution in [0.5, 0.6) is 11.5 Å². The predicted octanol–water partition coefficient (Wildman–Crippen LogP) is 1.62. The largest absolute Gasteiger partial charge is 0.504 e. The smallest absolute Gasteiger partial charge is 0.329 e. The van der Waals surface area contributed by atoms with Crippen LogP contribution in [0, 0.1) is 9.49 Å². The second kappa shape index (κ2) is 9.33. The fourth-order valence-electron chi connectivity index (χ4n) is 1.53. The Morgan fingerprint density at radius 2 is 2.09 bits per heavy atom. The minimum Gasteiger partial charge on any atom is -0.504 e. The van der Waals surface area contributed by atoms with Crippen LogP contribution < -0.4 is 15.5 Å². The maximum Gasteiger partial charge on any atom is 0.329 e. The van der Waals surface area contributed by atoms with Gasteiger partial charge in [-0.25, -0.2) is 5.43 Å². The number of hydrogen-bond acceptors (Lipinski definition) is 5. The number of nitrogens with one attached hydrogen (secondary N) is 2. The summed E-state index contributed by atoms with van der Waals surface area (Å²) in [4.78, 5) is 23.0. The molecule has 3 N–H and O–H groups in total. The van der Waals surface area contributed by atoms with Crippen molar-refractivity contribution < 1.29 is 19.4 Å². The molecule has 0 aliphatic rings. The molecule has 0 heterocycles. The third-order valence-electron chi connectivity index (χ3n) is 2.61. The van der Waals surface area contributed by atoms with Gasteiger partial charge in [-0.1, -0.05) is 13.8 Å². The van der Waals surface area contributed by atoms with Crippen molar-refractivity contribution in [2.45, 2.75) is 20.8 Å². The molecule has 8 heteroatoms. The van der Waals surface area contributed by atoms with E-state index in [1.165, 1.54) is 6.21 Å². The number of nitrogens with zero attached hydrogens (tertiary/aromatic N) is 1. The Kier molecular flexibility index (Phi) is 7.79. The molecule has 7 nitrogen and oxygen atoms in total. The van der Waals surface area contributed by atoms with Gasteiger partial charge in [0.1, 0.15) is 0 Å². The third-order valence-corrected chi connectivity index (χ3v) is 3.43. The van der Waals surface area contributed by atoms with E-state index in [4.69, 9.17) is 4.74 Å². The molecule has 2 amide bonds. The van der Waals surface area contributed by atoms with Gasteiger partial charge in [0.25, 0.3) is 0 Å². The lowest BCUT2D eigenvalue weighted by atomic mass is 10.2. The minimum absolute atomic E-state index is 0.0571. The second-order valence-corrected chi connectivity index (χ2v) is 6.25. The number of benzene rings is 1. The lowest BCUT2D eigenvalue weighted by Crippen LogP contribution is -2.39. The molecule has 0 aliphatic carbocycles. The number of carbonyl (C=O) groups is 2. The molecule has 0 saturated carbocycles. The monoisotopic (exact) mass is 433 g/mol. The lowest BCUT2D eigenvalue weighted by molar-refractivity contribution is -0.139. The number of phenolic OH excluding ortho intramolecular Hbond substituents is 1. The molecule has 23 heavy (non-hydrogen) atoms. The third kappa shape index (κ3) is 6.43. The van der Waals surface area contributed by atoms with Crippen LogP contribution in [0.3, 0.4) is 0 Å². The van der Waals surface area contributed by atoms with Gasteiger partial charge in [0, 0.05) is 6.54 Å². The summed E-state index contributed by atoms with van der Waals surface area (Å²) in [6.45, 7) is 6.50. The van der Waals surface area contributed by atoms with Gasteiger partial charge in [-0.05, 0) is 53.1 Å². The molecule has 0 aliphatic heterocycles. The van der Waals surface area contributed by atoms with E-state index in [1.807, 2.05) is 43.4 Å². The first-order valence-electron chi connectivity index (χ1n) is 7.11. The molecule has 1 aromatic carbocycles. The second-order valence-electron chi connectivity index (χ2n) is 5.09. The fraction of sp³-hybridized carbons (Fsp3) is 0.400. The van der Waals surface area contributed by atoms with E-state index in [0.29, 0.717) is 28.0 Å². The van der Waals surface area contributed by atoms with Gasteiger partial charge in [0.05, 0.1) is 16.4 Å². The molecular weight excluding hydrogens is 413 g/mol. The molecule has 0 aromatic heterocycles. The number of amides is 2. The Hall–Kier alpha value is -1.84. The maximum atomic E-state index is 11.5. The van der Waals surface area contributed by atoms with Crippen LogP contribution in [0.15, 0.2) is 17.2 Å². The van der Waals surface area contributed by atoms with Crippen molar-refractivity contribution in [3.63, 3.8) is 0 Å². The van der Waals surface area contributed by atoms with E-state index < -0.39 is 11.8 Å². The molecule has 0 spiro atoms. The van der Waals surface area contributed by atoms with Crippen molar-refractivity contribution in [2.75, 3.05) is 13.2 Å². The van der Waals surface area contributed by atoms with Crippen molar-refractivity contribution in [1.29, 1.82) is 0 Å². The van der Waals surface area contributed by atoms with Crippen LogP contribution in [0.1, 0.15) is 26.3 Å². The summed E-state index contributed by atoms with van der Waals surface area (Å²) in [6.07, 6.45) is 1.37. The molecule has 1 rings (SSSR count). The van der Waals surface area contributed by atoms with Crippen molar-refractivity contribution in [2.24, 2.45) is 11.0 Å². The highest BCUT2D eigenvalue weighted by atomic mass is 127. The highest BCUT2D eigenvalue weighted by Crippen LogP contribution is 2.32. The highest BCUT2D eigenvalue weighted by molar-refractivity contribution is 14.1. The number of hydrogen-bond donors (Lipinski definition) is 3. The average molecular weight is 433 g/mol. The van der Waals surface area contributed by atoms with Crippen molar-refractivity contribution in [3.8, 4) is 11.5 Å². The van der Waals surface area contributed by atoms with Gasteiger partial charge < -0.3 is 15.2 Å². The van der Waals surface area contributed by atoms with E-state index >= 15 is 0 Å². The Morgan fingerprint density at radius 3 is 2.70 bits per heavy atom. The molecule has 0 bridgehead atoms. The van der Waals surface area contributed by atoms with Gasteiger partial charge in [-0.15, -0.1) is 0 Å². The van der Waals surface area contributed by atoms with Gasteiger partial charge in [0.15, 0.2) is 11.5 Å².